The molecule has 4 aromatic rings. The molecular formula is C24H21N2O+. The molecule has 1 aliphatic rings. The van der Waals surface area contributed by atoms with Gasteiger partial charge in [-0.3, -0.25) is 4.98 Å². The quantitative estimate of drug-likeness (QED) is 0.483. The molecule has 0 N–H and O–H groups in total. The Hall–Kier alpha value is -3.20. The van der Waals surface area contributed by atoms with Gasteiger partial charge in [0.2, 0.25) is 11.2 Å². The Kier molecular flexibility index (Phi) is 3.35. The lowest BCUT2D eigenvalue weighted by Crippen LogP contribution is -2.33. The highest BCUT2D eigenvalue weighted by Gasteiger charge is 2.40. The number of hydrogen-bond acceptors (Lipinski definition) is 2. The number of rotatable bonds is 2. The summed E-state index contributed by atoms with van der Waals surface area (Å²) in [5, 5.41) is 1.26. The molecule has 0 radical (unpaired) electrons. The first-order chi connectivity index (χ1) is 13.1. The van der Waals surface area contributed by atoms with Gasteiger partial charge in [-0.2, -0.15) is 4.57 Å². The summed E-state index contributed by atoms with van der Waals surface area (Å²) in [7, 11) is 1.71. The molecule has 0 unspecified atom stereocenters. The Bertz CT molecular complexity index is 1190. The second-order valence-electron chi connectivity index (χ2n) is 7.55. The Balaban J connectivity index is 1.90. The first-order valence-corrected chi connectivity index (χ1v) is 9.18. The van der Waals surface area contributed by atoms with Gasteiger partial charge in [-0.25, -0.2) is 0 Å². The van der Waals surface area contributed by atoms with Crippen molar-refractivity contribution < 1.29 is 9.30 Å². The van der Waals surface area contributed by atoms with E-state index in [-0.39, 0.29) is 5.41 Å². The normalized spacial score (nSPS) is 14.0. The molecule has 0 atom stereocenters. The molecule has 2 aromatic heterocycles. The number of ether oxygens (including phenoxy) is 1. The first-order valence-electron chi connectivity index (χ1n) is 9.18. The van der Waals surface area contributed by atoms with E-state index in [0.717, 1.165) is 11.4 Å². The molecule has 27 heavy (non-hydrogen) atoms. The minimum Gasteiger partial charge on any atom is -0.497 e. The van der Waals surface area contributed by atoms with Crippen molar-refractivity contribution in [1.29, 1.82) is 0 Å². The molecule has 2 heterocycles. The van der Waals surface area contributed by atoms with Gasteiger partial charge in [0.1, 0.15) is 5.75 Å². The van der Waals surface area contributed by atoms with Gasteiger partial charge < -0.3 is 4.74 Å². The monoisotopic (exact) mass is 353 g/mol. The molecule has 0 spiro atoms. The second kappa shape index (κ2) is 5.65. The zero-order chi connectivity index (χ0) is 18.6. The molecular weight excluding hydrogens is 332 g/mol. The minimum absolute atomic E-state index is 0.0937. The molecule has 0 aliphatic heterocycles. The topological polar surface area (TPSA) is 26.0 Å². The number of nitrogens with zero attached hydrogens (tertiary/aromatic N) is 2. The van der Waals surface area contributed by atoms with E-state index in [9.17, 15) is 0 Å². The van der Waals surface area contributed by atoms with Crippen LogP contribution in [0.5, 0.6) is 5.75 Å². The number of methoxy groups -OCH3 is 1. The summed E-state index contributed by atoms with van der Waals surface area (Å²) in [4.78, 5) is 4.40. The highest BCUT2D eigenvalue weighted by atomic mass is 16.5. The average Bonchev–Trinajstić information content (AvgIpc) is 2.95. The lowest BCUT2D eigenvalue weighted by atomic mass is 9.83. The molecule has 0 bridgehead atoms. The number of fused-ring (bicyclic) bond motifs is 5. The SMILES string of the molecule is COc1cccc(-[n+]2cc3c(c4ccccc42)-c2ccncc2C3(C)C)c1. The molecule has 5 rings (SSSR count). The van der Waals surface area contributed by atoms with Crippen molar-refractivity contribution in [2.45, 2.75) is 19.3 Å². The van der Waals surface area contributed by atoms with E-state index >= 15 is 0 Å². The lowest BCUT2D eigenvalue weighted by molar-refractivity contribution is -0.567. The molecule has 0 fully saturated rings. The third-order valence-corrected chi connectivity index (χ3v) is 5.73. The summed E-state index contributed by atoms with van der Waals surface area (Å²) in [6, 6.07) is 19.0. The van der Waals surface area contributed by atoms with E-state index in [4.69, 9.17) is 4.74 Å². The van der Waals surface area contributed by atoms with Gasteiger partial charge >= 0.3 is 0 Å². The van der Waals surface area contributed by atoms with E-state index in [2.05, 4.69) is 72.1 Å². The van der Waals surface area contributed by atoms with Crippen LogP contribution in [0.15, 0.2) is 73.2 Å². The summed E-state index contributed by atoms with van der Waals surface area (Å²) in [5.41, 5.74) is 7.42. The molecule has 0 saturated carbocycles. The van der Waals surface area contributed by atoms with Crippen LogP contribution in [0.1, 0.15) is 25.0 Å². The summed E-state index contributed by atoms with van der Waals surface area (Å²) in [5.74, 6) is 0.858. The number of benzene rings is 2. The van der Waals surface area contributed by atoms with Crippen molar-refractivity contribution in [2.24, 2.45) is 0 Å². The van der Waals surface area contributed by atoms with Crippen LogP contribution in [-0.2, 0) is 5.41 Å². The largest absolute Gasteiger partial charge is 0.497 e. The highest BCUT2D eigenvalue weighted by molar-refractivity contribution is 5.99. The number of para-hydroxylation sites is 1. The summed E-state index contributed by atoms with van der Waals surface area (Å²) >= 11 is 0. The second-order valence-corrected chi connectivity index (χ2v) is 7.55. The van der Waals surface area contributed by atoms with E-state index in [1.807, 2.05) is 24.5 Å². The van der Waals surface area contributed by atoms with Crippen LogP contribution < -0.4 is 9.30 Å². The first kappa shape index (κ1) is 16.0. The van der Waals surface area contributed by atoms with Gasteiger partial charge in [0.15, 0.2) is 6.20 Å². The van der Waals surface area contributed by atoms with E-state index in [0.29, 0.717) is 0 Å². The van der Waals surface area contributed by atoms with E-state index in [1.165, 1.54) is 33.2 Å². The van der Waals surface area contributed by atoms with Crippen molar-refractivity contribution in [2.75, 3.05) is 7.11 Å². The van der Waals surface area contributed by atoms with Crippen molar-refractivity contribution in [3.8, 4) is 22.6 Å². The third-order valence-electron chi connectivity index (χ3n) is 5.73. The fraction of sp³-hybridized carbons (Fsp3) is 0.167. The Morgan fingerprint density at radius 3 is 2.67 bits per heavy atom. The molecule has 3 nitrogen and oxygen atoms in total. The third kappa shape index (κ3) is 2.21. The van der Waals surface area contributed by atoms with Crippen LogP contribution in [-0.4, -0.2) is 12.1 Å². The summed E-state index contributed by atoms with van der Waals surface area (Å²) in [6.07, 6.45) is 6.19. The lowest BCUT2D eigenvalue weighted by Gasteiger charge is -2.19. The summed E-state index contributed by atoms with van der Waals surface area (Å²) in [6.45, 7) is 4.56. The zero-order valence-electron chi connectivity index (χ0n) is 15.7. The van der Waals surface area contributed by atoms with E-state index < -0.39 is 0 Å². The van der Waals surface area contributed by atoms with Gasteiger partial charge in [0.25, 0.3) is 0 Å². The smallest absolute Gasteiger partial charge is 0.219 e. The number of aromatic nitrogens is 2. The van der Waals surface area contributed by atoms with Crippen LogP contribution in [0.2, 0.25) is 0 Å². The van der Waals surface area contributed by atoms with Crippen molar-refractivity contribution in [3.63, 3.8) is 0 Å². The summed E-state index contributed by atoms with van der Waals surface area (Å²) < 4.78 is 7.73. The molecule has 3 heteroatoms. The molecule has 0 amide bonds. The van der Waals surface area contributed by atoms with Crippen molar-refractivity contribution >= 4 is 10.9 Å². The predicted molar refractivity (Wildman–Crippen MR) is 107 cm³/mol. The molecule has 2 aromatic carbocycles. The standard InChI is InChI=1S/C24H21N2O/c1-24(2)20-14-25-12-11-18(20)23-19-9-4-5-10-22(19)26(15-21(23)24)16-7-6-8-17(13-16)27-3/h4-15H,1-3H3/q+1. The van der Waals surface area contributed by atoms with Gasteiger partial charge in [-0.1, -0.05) is 32.0 Å². The fourth-order valence-electron chi connectivity index (χ4n) is 4.30. The highest BCUT2D eigenvalue weighted by Crippen LogP contribution is 2.50. The van der Waals surface area contributed by atoms with Crippen LogP contribution in [0, 0.1) is 0 Å². The number of hydrogen-bond donors (Lipinski definition) is 0. The minimum atomic E-state index is -0.0937. The predicted octanol–water partition coefficient (Wildman–Crippen LogP) is 4.83. The van der Waals surface area contributed by atoms with Crippen LogP contribution in [0.3, 0.4) is 0 Å². The van der Waals surface area contributed by atoms with Crippen molar-refractivity contribution in [1.82, 2.24) is 4.98 Å². The maximum atomic E-state index is 5.45. The van der Waals surface area contributed by atoms with Crippen LogP contribution >= 0.6 is 0 Å². The van der Waals surface area contributed by atoms with Gasteiger partial charge in [-0.05, 0) is 29.3 Å². The van der Waals surface area contributed by atoms with Crippen LogP contribution in [0.4, 0.5) is 0 Å². The fourth-order valence-corrected chi connectivity index (χ4v) is 4.30. The van der Waals surface area contributed by atoms with Gasteiger partial charge in [0.05, 0.1) is 18.6 Å². The van der Waals surface area contributed by atoms with Gasteiger partial charge in [0, 0.05) is 41.1 Å². The maximum Gasteiger partial charge on any atom is 0.219 e. The molecule has 0 saturated heterocycles. The average molecular weight is 353 g/mol. The maximum absolute atomic E-state index is 5.45. The number of pyridine rings is 2. The zero-order valence-corrected chi connectivity index (χ0v) is 15.7. The van der Waals surface area contributed by atoms with E-state index in [1.54, 1.807) is 7.11 Å². The Labute approximate surface area is 158 Å². The molecule has 132 valence electrons. The Morgan fingerprint density at radius 1 is 0.963 bits per heavy atom. The van der Waals surface area contributed by atoms with Gasteiger partial charge in [-0.15, -0.1) is 0 Å². The Morgan fingerprint density at radius 2 is 1.81 bits per heavy atom. The van der Waals surface area contributed by atoms with Crippen LogP contribution in [0.25, 0.3) is 27.7 Å². The van der Waals surface area contributed by atoms with Crippen molar-refractivity contribution in [3.05, 3.63) is 84.3 Å². The molecule has 1 aliphatic carbocycles.